The van der Waals surface area contributed by atoms with Crippen LogP contribution in [0.5, 0.6) is 0 Å². The Balaban J connectivity index is 1.33. The minimum atomic E-state index is -3.73. The van der Waals surface area contributed by atoms with Crippen LogP contribution < -0.4 is 10.9 Å². The van der Waals surface area contributed by atoms with E-state index in [1.807, 2.05) is 6.07 Å². The molecule has 7 nitrogen and oxygen atoms in total. The molecule has 3 aromatic rings. The maximum atomic E-state index is 13.3. The summed E-state index contributed by atoms with van der Waals surface area (Å²) in [5, 5.41) is 2.68. The lowest BCUT2D eigenvalue weighted by molar-refractivity contribution is 0.102. The Morgan fingerprint density at radius 2 is 1.67 bits per heavy atom. The Hall–Kier alpha value is -3.30. The first-order chi connectivity index (χ1) is 15.8. The number of hydrogen-bond acceptors (Lipinski definition) is 4. The van der Waals surface area contributed by atoms with Crippen molar-refractivity contribution in [2.45, 2.75) is 23.8 Å². The number of carbonyl (C=O) groups excluding carboxylic acids is 1. The van der Waals surface area contributed by atoms with Gasteiger partial charge in [-0.05, 0) is 66.9 Å². The second-order valence-corrected chi connectivity index (χ2v) is 10.4. The van der Waals surface area contributed by atoms with Crippen LogP contribution in [-0.4, -0.2) is 36.3 Å². The summed E-state index contributed by atoms with van der Waals surface area (Å²) in [5.41, 5.74) is 1.58. The topological polar surface area (TPSA) is 88.5 Å². The van der Waals surface area contributed by atoms with Gasteiger partial charge in [-0.3, -0.25) is 9.59 Å². The van der Waals surface area contributed by atoms with E-state index in [0.29, 0.717) is 30.9 Å². The number of carbonyl (C=O) groups is 1. The molecule has 0 aliphatic carbocycles. The van der Waals surface area contributed by atoms with E-state index in [4.69, 9.17) is 0 Å². The molecule has 1 N–H and O–H groups in total. The number of benzene rings is 2. The summed E-state index contributed by atoms with van der Waals surface area (Å²) >= 11 is 0. The van der Waals surface area contributed by atoms with Crippen LogP contribution in [0.2, 0.25) is 0 Å². The van der Waals surface area contributed by atoms with Crippen molar-refractivity contribution in [3.8, 4) is 0 Å². The number of rotatable bonds is 4. The Labute approximate surface area is 190 Å². The SMILES string of the molecule is O=C(Nc1ccc(S(=O)(=O)N2C[C@H]3C[C@@H](C2)c2cccc(=O)n2C3)cc1)c1ccc(F)cc1. The van der Waals surface area contributed by atoms with Gasteiger partial charge in [0.25, 0.3) is 11.5 Å². The van der Waals surface area contributed by atoms with Gasteiger partial charge >= 0.3 is 0 Å². The van der Waals surface area contributed by atoms with Crippen molar-refractivity contribution in [3.63, 3.8) is 0 Å². The molecule has 1 saturated heterocycles. The van der Waals surface area contributed by atoms with Crippen molar-refractivity contribution in [3.05, 3.63) is 94.2 Å². The summed E-state index contributed by atoms with van der Waals surface area (Å²) in [6.07, 6.45) is 0.865. The minimum Gasteiger partial charge on any atom is -0.322 e. The standard InChI is InChI=1S/C24H22FN3O4S/c25-19-6-4-17(5-7-19)24(30)26-20-8-10-21(11-9-20)33(31,32)27-13-16-12-18(15-27)22-2-1-3-23(29)28(22)14-16/h1-11,16,18H,12-15H2,(H,26,30)/t16-,18+/m1/s1. The molecule has 9 heteroatoms. The van der Waals surface area contributed by atoms with Crippen LogP contribution in [0.1, 0.15) is 28.4 Å². The molecular formula is C24H22FN3O4S. The second-order valence-electron chi connectivity index (χ2n) is 8.51. The van der Waals surface area contributed by atoms with Gasteiger partial charge in [0.05, 0.1) is 4.90 Å². The first-order valence-corrected chi connectivity index (χ1v) is 12.1. The summed E-state index contributed by atoms with van der Waals surface area (Å²) in [5.74, 6) is -0.780. The molecule has 2 aliphatic heterocycles. The lowest BCUT2D eigenvalue weighted by Crippen LogP contribution is -2.48. The molecule has 33 heavy (non-hydrogen) atoms. The van der Waals surface area contributed by atoms with Crippen molar-refractivity contribution < 1.29 is 17.6 Å². The molecule has 170 valence electrons. The largest absolute Gasteiger partial charge is 0.322 e. The number of halogens is 1. The van der Waals surface area contributed by atoms with Gasteiger partial charge in [-0.2, -0.15) is 4.31 Å². The van der Waals surface area contributed by atoms with Gasteiger partial charge < -0.3 is 9.88 Å². The van der Waals surface area contributed by atoms with E-state index in [-0.39, 0.29) is 22.3 Å². The highest BCUT2D eigenvalue weighted by molar-refractivity contribution is 7.89. The lowest BCUT2D eigenvalue weighted by Gasteiger charge is -2.42. The molecule has 1 amide bonds. The number of sulfonamides is 1. The van der Waals surface area contributed by atoms with E-state index in [0.717, 1.165) is 12.1 Å². The molecular weight excluding hydrogens is 445 g/mol. The molecule has 2 aromatic carbocycles. The summed E-state index contributed by atoms with van der Waals surface area (Å²) in [7, 11) is -3.73. The molecule has 2 aliphatic rings. The number of nitrogens with zero attached hydrogens (tertiary/aromatic N) is 2. The van der Waals surface area contributed by atoms with Gasteiger partial charge in [0.1, 0.15) is 5.82 Å². The van der Waals surface area contributed by atoms with E-state index >= 15 is 0 Å². The molecule has 0 unspecified atom stereocenters. The molecule has 5 rings (SSSR count). The summed E-state index contributed by atoms with van der Waals surface area (Å²) in [4.78, 5) is 24.6. The number of pyridine rings is 1. The molecule has 0 saturated carbocycles. The monoisotopic (exact) mass is 467 g/mol. The van der Waals surface area contributed by atoms with Gasteiger partial charge in [-0.15, -0.1) is 0 Å². The van der Waals surface area contributed by atoms with Crippen molar-refractivity contribution in [1.29, 1.82) is 0 Å². The number of hydrogen-bond donors (Lipinski definition) is 1. The van der Waals surface area contributed by atoms with Crippen LogP contribution in [0, 0.1) is 11.7 Å². The van der Waals surface area contributed by atoms with Crippen LogP contribution in [-0.2, 0) is 16.6 Å². The third-order valence-corrected chi connectivity index (χ3v) is 8.15. The van der Waals surface area contributed by atoms with E-state index in [1.165, 1.54) is 58.9 Å². The fourth-order valence-corrected chi connectivity index (χ4v) is 6.27. The maximum Gasteiger partial charge on any atom is 0.255 e. The predicted octanol–water partition coefficient (Wildman–Crippen LogP) is 3.05. The number of fused-ring (bicyclic) bond motifs is 4. The maximum absolute atomic E-state index is 13.3. The van der Waals surface area contributed by atoms with Gasteiger partial charge in [-0.1, -0.05) is 6.07 Å². The van der Waals surface area contributed by atoms with Gasteiger partial charge in [-0.25, -0.2) is 12.8 Å². The fourth-order valence-electron chi connectivity index (χ4n) is 4.71. The van der Waals surface area contributed by atoms with Gasteiger partial charge in [0.15, 0.2) is 0 Å². The van der Waals surface area contributed by atoms with Crippen molar-refractivity contribution >= 4 is 21.6 Å². The first kappa shape index (κ1) is 21.5. The summed E-state index contributed by atoms with van der Waals surface area (Å²) in [6, 6.07) is 16.3. The fraction of sp³-hybridized carbons (Fsp3) is 0.250. The Kier molecular flexibility index (Phi) is 5.38. The highest BCUT2D eigenvalue weighted by Crippen LogP contribution is 2.37. The van der Waals surface area contributed by atoms with Crippen molar-refractivity contribution in [2.24, 2.45) is 5.92 Å². The van der Waals surface area contributed by atoms with Crippen LogP contribution in [0.3, 0.4) is 0 Å². The van der Waals surface area contributed by atoms with Gasteiger partial charge in [0.2, 0.25) is 10.0 Å². The highest BCUT2D eigenvalue weighted by atomic mass is 32.2. The molecule has 1 fully saturated rings. The number of aromatic nitrogens is 1. The Bertz CT molecular complexity index is 1370. The Morgan fingerprint density at radius 3 is 2.39 bits per heavy atom. The van der Waals surface area contributed by atoms with E-state index in [2.05, 4.69) is 5.32 Å². The Morgan fingerprint density at radius 1 is 0.939 bits per heavy atom. The first-order valence-electron chi connectivity index (χ1n) is 10.7. The summed E-state index contributed by atoms with van der Waals surface area (Å²) < 4.78 is 42.9. The van der Waals surface area contributed by atoms with E-state index in [1.54, 1.807) is 10.6 Å². The third-order valence-electron chi connectivity index (χ3n) is 6.30. The third kappa shape index (κ3) is 4.09. The predicted molar refractivity (Wildman–Crippen MR) is 121 cm³/mol. The van der Waals surface area contributed by atoms with Gasteiger partial charge in [0, 0.05) is 48.6 Å². The molecule has 1 aromatic heterocycles. The molecule has 0 spiro atoms. The average molecular weight is 468 g/mol. The number of nitrogens with one attached hydrogen (secondary N) is 1. The average Bonchev–Trinajstić information content (AvgIpc) is 2.80. The quantitative estimate of drug-likeness (QED) is 0.639. The normalized spacial score (nSPS) is 20.2. The van der Waals surface area contributed by atoms with E-state index < -0.39 is 21.7 Å². The molecule has 2 atom stereocenters. The number of piperidine rings is 1. The number of anilines is 1. The molecule has 3 heterocycles. The zero-order valence-corrected chi connectivity index (χ0v) is 18.5. The van der Waals surface area contributed by atoms with E-state index in [9.17, 15) is 22.4 Å². The second kappa shape index (κ2) is 8.24. The van der Waals surface area contributed by atoms with Crippen LogP contribution in [0.15, 0.2) is 76.4 Å². The highest BCUT2D eigenvalue weighted by Gasteiger charge is 2.39. The minimum absolute atomic E-state index is 0.0181. The van der Waals surface area contributed by atoms with Crippen LogP contribution in [0.4, 0.5) is 10.1 Å². The summed E-state index contributed by atoms with van der Waals surface area (Å²) in [6.45, 7) is 1.21. The van der Waals surface area contributed by atoms with Crippen LogP contribution >= 0.6 is 0 Å². The van der Waals surface area contributed by atoms with Crippen molar-refractivity contribution in [1.82, 2.24) is 8.87 Å². The zero-order valence-electron chi connectivity index (χ0n) is 17.6. The zero-order chi connectivity index (χ0) is 23.2. The molecule has 0 radical (unpaired) electrons. The molecule has 2 bridgehead atoms. The lowest BCUT2D eigenvalue weighted by atomic mass is 9.84. The van der Waals surface area contributed by atoms with Crippen LogP contribution in [0.25, 0.3) is 0 Å². The van der Waals surface area contributed by atoms with Crippen molar-refractivity contribution in [2.75, 3.05) is 18.4 Å². The smallest absolute Gasteiger partial charge is 0.255 e. The number of amides is 1.